The smallest absolute Gasteiger partial charge is 0.876 e. The number of carbonyl (C=O) groups is 2. The minimum Gasteiger partial charge on any atom is -0.876 e. The third-order valence-electron chi connectivity index (χ3n) is 5.16. The van der Waals surface area contributed by atoms with Gasteiger partial charge in [0.05, 0.1) is 0 Å². The second kappa shape index (κ2) is 15.4. The molecule has 7 heteroatoms. The number of carbonyl (C=O) groups excluding carboxylic acids is 2. The third kappa shape index (κ3) is 9.89. The van der Waals surface area contributed by atoms with E-state index >= 15 is 0 Å². The fraction of sp³-hybridized carbons (Fsp3) is 0.161. The summed E-state index contributed by atoms with van der Waals surface area (Å²) in [5.41, 5.74) is 1.38. The Morgan fingerprint density at radius 3 is 1.24 bits per heavy atom. The number of benzene rings is 4. The molecule has 0 radical (unpaired) electrons. The maximum atomic E-state index is 12.4. The van der Waals surface area contributed by atoms with Crippen molar-refractivity contribution < 1.29 is 51.7 Å². The Bertz CT molecular complexity index is 1350. The first-order chi connectivity index (χ1) is 17.5. The van der Waals surface area contributed by atoms with Gasteiger partial charge in [0.15, 0.2) is 11.6 Å². The molecule has 0 aliphatic rings. The maximum Gasteiger partial charge on any atom is 4.00 e. The average Bonchev–Trinajstić information content (AvgIpc) is 2.81. The molecule has 0 saturated heterocycles. The molecule has 4 aromatic rings. The molecule has 0 bridgehead atoms. The quantitative estimate of drug-likeness (QED) is 0.220. The maximum absolute atomic E-state index is 12.4. The normalized spacial score (nSPS) is 10.9. The minimum absolute atomic E-state index is 0. The fourth-order valence-corrected chi connectivity index (χ4v) is 3.75. The number of rotatable bonds is 4. The summed E-state index contributed by atoms with van der Waals surface area (Å²) >= 11 is 0. The molecule has 0 aromatic heterocycles. The van der Waals surface area contributed by atoms with Gasteiger partial charge in [-0.25, -0.2) is 0 Å². The van der Waals surface area contributed by atoms with Crippen molar-refractivity contribution in [1.82, 2.24) is 0 Å². The molecule has 0 unspecified atom stereocenters. The second-order valence-corrected chi connectivity index (χ2v) is 8.43. The molecule has 0 spiro atoms. The summed E-state index contributed by atoms with van der Waals surface area (Å²) in [5.74, 6) is -0.785. The molecule has 4 aromatic carbocycles. The summed E-state index contributed by atoms with van der Waals surface area (Å²) in [6.45, 7) is 5.39. The van der Waals surface area contributed by atoms with Gasteiger partial charge in [-0.05, 0) is 65.1 Å². The Balaban J connectivity index is 0.000000403. The van der Waals surface area contributed by atoms with E-state index in [-0.39, 0.29) is 56.3 Å². The van der Waals surface area contributed by atoms with Crippen molar-refractivity contribution in [1.29, 1.82) is 0 Å². The predicted octanol–water partition coefficient (Wildman–Crippen LogP) is 3.41. The van der Waals surface area contributed by atoms with Crippen LogP contribution in [0.5, 0.6) is 11.5 Å². The van der Waals surface area contributed by atoms with Crippen molar-refractivity contribution >= 4 is 33.1 Å². The Labute approximate surface area is 237 Å². The number of allylic oxidation sites excluding steroid dienone is 4. The Kier molecular flexibility index (Phi) is 13.0. The standard InChI is InChI=1S/C21H16O2.2C5H8O2.Ti/c22-20-11-9-14-5-1-3-7-16(14)18(20)13-19-17-8-4-2-6-15(17)10-12-21(19)23;2*1-4(6)3-5(2)7;/h1-12,22-23H,13H2;2*3,6H,1-2H3;/q;;;+4/p-4/b;2*4-3-;. The van der Waals surface area contributed by atoms with Crippen LogP contribution < -0.4 is 20.4 Å². The number of hydrogen-bond donors (Lipinski definition) is 0. The van der Waals surface area contributed by atoms with Gasteiger partial charge >= 0.3 is 21.7 Å². The van der Waals surface area contributed by atoms with Gasteiger partial charge in [0.25, 0.3) is 0 Å². The molecular weight excluding hydrogens is 516 g/mol. The van der Waals surface area contributed by atoms with Crippen molar-refractivity contribution in [2.24, 2.45) is 0 Å². The molecule has 38 heavy (non-hydrogen) atoms. The van der Waals surface area contributed by atoms with Gasteiger partial charge in [-0.3, -0.25) is 9.59 Å². The summed E-state index contributed by atoms with van der Waals surface area (Å²) in [6, 6.07) is 22.5. The van der Waals surface area contributed by atoms with E-state index in [1.807, 2.05) is 60.7 Å². The van der Waals surface area contributed by atoms with Gasteiger partial charge in [-0.1, -0.05) is 86.6 Å². The van der Waals surface area contributed by atoms with Crippen LogP contribution in [0, 0.1) is 0 Å². The molecular formula is C31H28O6Ti. The number of ketones is 2. The van der Waals surface area contributed by atoms with Crippen LogP contribution in [0.15, 0.2) is 96.5 Å². The first-order valence-corrected chi connectivity index (χ1v) is 11.6. The Morgan fingerprint density at radius 2 is 0.947 bits per heavy atom. The topological polar surface area (TPSA) is 126 Å². The van der Waals surface area contributed by atoms with Crippen molar-refractivity contribution in [3.05, 3.63) is 108 Å². The van der Waals surface area contributed by atoms with Crippen molar-refractivity contribution in [2.45, 2.75) is 34.1 Å². The second-order valence-electron chi connectivity index (χ2n) is 8.43. The molecule has 0 heterocycles. The van der Waals surface area contributed by atoms with Gasteiger partial charge in [0.2, 0.25) is 0 Å². The first kappa shape index (κ1) is 32.2. The van der Waals surface area contributed by atoms with Crippen LogP contribution in [0.4, 0.5) is 0 Å². The van der Waals surface area contributed by atoms with E-state index in [2.05, 4.69) is 0 Å². The largest absolute Gasteiger partial charge is 4.00 e. The molecule has 0 atom stereocenters. The zero-order valence-electron chi connectivity index (χ0n) is 21.7. The SMILES string of the molecule is CC(=O)/C=C(/C)[O-].CC(=O)/C=C(/C)[O-].[O-]c1ccc2ccccc2c1Cc1c([O-])ccc2ccccc12.[Ti+4]. The predicted molar refractivity (Wildman–Crippen MR) is 138 cm³/mol. The van der Waals surface area contributed by atoms with Gasteiger partial charge in [0, 0.05) is 0 Å². The molecule has 4 rings (SSSR count). The Hall–Kier alpha value is -3.87. The average molecular weight is 544 g/mol. The van der Waals surface area contributed by atoms with Gasteiger partial charge in [-0.2, -0.15) is 0 Å². The van der Waals surface area contributed by atoms with Crippen LogP contribution in [0.1, 0.15) is 38.8 Å². The number of fused-ring (bicyclic) bond motifs is 2. The van der Waals surface area contributed by atoms with E-state index in [1.54, 1.807) is 12.1 Å². The van der Waals surface area contributed by atoms with Crippen LogP contribution in [0.2, 0.25) is 0 Å². The van der Waals surface area contributed by atoms with Crippen molar-refractivity contribution in [3.8, 4) is 11.5 Å². The fourth-order valence-electron chi connectivity index (χ4n) is 3.75. The summed E-state index contributed by atoms with van der Waals surface area (Å²) in [6.07, 6.45) is 2.47. The molecule has 6 nitrogen and oxygen atoms in total. The van der Waals surface area contributed by atoms with Crippen LogP contribution >= 0.6 is 0 Å². The number of hydrogen-bond acceptors (Lipinski definition) is 6. The zero-order chi connectivity index (χ0) is 27.5. The first-order valence-electron chi connectivity index (χ1n) is 11.6. The third-order valence-corrected chi connectivity index (χ3v) is 5.16. The van der Waals surface area contributed by atoms with Gasteiger partial charge < -0.3 is 20.4 Å². The van der Waals surface area contributed by atoms with Crippen LogP contribution in [0.3, 0.4) is 0 Å². The molecule has 0 amide bonds. The minimum atomic E-state index is -0.187. The molecule has 0 aliphatic carbocycles. The summed E-state index contributed by atoms with van der Waals surface area (Å²) < 4.78 is 0. The van der Waals surface area contributed by atoms with Crippen molar-refractivity contribution in [2.75, 3.05) is 0 Å². The summed E-state index contributed by atoms with van der Waals surface area (Å²) in [5, 5.41) is 48.6. The summed E-state index contributed by atoms with van der Waals surface area (Å²) in [7, 11) is 0. The van der Waals surface area contributed by atoms with E-state index < -0.39 is 0 Å². The van der Waals surface area contributed by atoms with Gasteiger partial charge in [0.1, 0.15) is 0 Å². The zero-order valence-corrected chi connectivity index (χ0v) is 23.3. The Morgan fingerprint density at radius 1 is 0.605 bits per heavy atom. The molecule has 0 fully saturated rings. The summed E-state index contributed by atoms with van der Waals surface area (Å²) in [4.78, 5) is 20.0. The van der Waals surface area contributed by atoms with Crippen molar-refractivity contribution in [3.63, 3.8) is 0 Å². The van der Waals surface area contributed by atoms with E-state index in [4.69, 9.17) is 0 Å². The van der Waals surface area contributed by atoms with E-state index in [0.29, 0.717) is 17.5 Å². The van der Waals surface area contributed by atoms with E-state index in [1.165, 1.54) is 27.7 Å². The van der Waals surface area contributed by atoms with Crippen LogP contribution in [0.25, 0.3) is 21.5 Å². The van der Waals surface area contributed by atoms with Gasteiger partial charge in [-0.15, -0.1) is 23.0 Å². The van der Waals surface area contributed by atoms with Crippen LogP contribution in [-0.4, -0.2) is 11.6 Å². The molecule has 0 saturated carbocycles. The molecule has 0 N–H and O–H groups in total. The van der Waals surface area contributed by atoms with E-state index in [0.717, 1.165) is 33.7 Å². The van der Waals surface area contributed by atoms with Crippen LogP contribution in [-0.2, 0) is 37.7 Å². The monoisotopic (exact) mass is 544 g/mol. The molecule has 192 valence electrons. The molecule has 0 aliphatic heterocycles. The van der Waals surface area contributed by atoms with E-state index in [9.17, 15) is 30.0 Å².